The van der Waals surface area contributed by atoms with Crippen LogP contribution in [0.1, 0.15) is 50.6 Å². The molecule has 2 amide bonds. The highest BCUT2D eigenvalue weighted by atomic mass is 35.5. The van der Waals surface area contributed by atoms with Gasteiger partial charge in [-0.3, -0.25) is 4.90 Å². The third-order valence-electron chi connectivity index (χ3n) is 6.71. The molecule has 7 nitrogen and oxygen atoms in total. The average Bonchev–Trinajstić information content (AvgIpc) is 2.80. The van der Waals surface area contributed by atoms with Crippen molar-refractivity contribution in [1.82, 2.24) is 20.4 Å². The van der Waals surface area contributed by atoms with Crippen LogP contribution in [0.5, 0.6) is 0 Å². The van der Waals surface area contributed by atoms with Crippen molar-refractivity contribution in [2.75, 3.05) is 39.3 Å². The number of carbonyl (C=O) groups excluding carboxylic acids is 2. The van der Waals surface area contributed by atoms with Gasteiger partial charge in [0.1, 0.15) is 0 Å². The van der Waals surface area contributed by atoms with Crippen molar-refractivity contribution < 1.29 is 14.3 Å². The van der Waals surface area contributed by atoms with Gasteiger partial charge in [-0.15, -0.1) is 0 Å². The molecule has 2 saturated heterocycles. The number of esters is 1. The number of carbonyl (C=O) groups is 2. The van der Waals surface area contributed by atoms with Gasteiger partial charge in [0.2, 0.25) is 0 Å². The van der Waals surface area contributed by atoms with Crippen molar-refractivity contribution >= 4 is 23.6 Å². The first-order chi connectivity index (χ1) is 15.6. The Balaban J connectivity index is 1.53. The molecule has 174 valence electrons. The molecule has 32 heavy (non-hydrogen) atoms. The van der Waals surface area contributed by atoms with Crippen molar-refractivity contribution in [3.63, 3.8) is 0 Å². The Kier molecular flexibility index (Phi) is 7.71. The van der Waals surface area contributed by atoms with E-state index in [1.807, 2.05) is 18.2 Å². The fraction of sp³-hybridized carbons (Fsp3) is 0.583. The number of likely N-dealkylation sites (tertiary alicyclic amines) is 2. The first-order valence-electron chi connectivity index (χ1n) is 11.7. The minimum absolute atomic E-state index is 0.264. The summed E-state index contributed by atoms with van der Waals surface area (Å²) in [5, 5.41) is 6.25. The predicted molar refractivity (Wildman–Crippen MR) is 124 cm³/mol. The zero-order valence-electron chi connectivity index (χ0n) is 18.7. The average molecular weight is 461 g/mol. The Labute approximate surface area is 195 Å². The van der Waals surface area contributed by atoms with Crippen molar-refractivity contribution in [1.29, 1.82) is 0 Å². The molecule has 1 aromatic rings. The van der Waals surface area contributed by atoms with E-state index in [-0.39, 0.29) is 12.6 Å². The van der Waals surface area contributed by atoms with Crippen LogP contribution in [0, 0.1) is 0 Å². The van der Waals surface area contributed by atoms with Crippen molar-refractivity contribution in [2.45, 2.75) is 51.1 Å². The minimum atomic E-state index is -0.641. The Morgan fingerprint density at radius 3 is 2.53 bits per heavy atom. The second-order valence-corrected chi connectivity index (χ2v) is 9.18. The summed E-state index contributed by atoms with van der Waals surface area (Å²) < 4.78 is 5.37. The standard InChI is InChI=1S/C24H33ClN4O3/c1-2-32-23(30)21-20(26-24(31)27-22(21)18-8-4-5-9-19(18)25)16-28-14-10-17(11-15-28)29-12-6-3-7-13-29/h4-5,8-9,17,22H,2-3,6-7,10-16H2,1H3,(H2,26,27,31). The lowest BCUT2D eigenvalue weighted by Gasteiger charge is -2.41. The number of urea groups is 1. The molecule has 0 aromatic heterocycles. The first-order valence-corrected chi connectivity index (χ1v) is 12.1. The van der Waals surface area contributed by atoms with Crippen LogP contribution in [0.2, 0.25) is 5.02 Å². The molecule has 1 aromatic carbocycles. The molecule has 3 aliphatic rings. The van der Waals surface area contributed by atoms with Crippen LogP contribution in [0.15, 0.2) is 35.5 Å². The zero-order valence-corrected chi connectivity index (χ0v) is 19.5. The molecule has 0 aliphatic carbocycles. The van der Waals surface area contributed by atoms with E-state index in [9.17, 15) is 9.59 Å². The Hall–Kier alpha value is -2.09. The molecular weight excluding hydrogens is 428 g/mol. The summed E-state index contributed by atoms with van der Waals surface area (Å²) in [6.07, 6.45) is 6.18. The van der Waals surface area contributed by atoms with Gasteiger partial charge >= 0.3 is 12.0 Å². The van der Waals surface area contributed by atoms with Gasteiger partial charge in [-0.1, -0.05) is 36.2 Å². The van der Waals surface area contributed by atoms with E-state index < -0.39 is 12.0 Å². The molecule has 3 heterocycles. The maximum absolute atomic E-state index is 13.0. The summed E-state index contributed by atoms with van der Waals surface area (Å²) in [6, 6.07) is 6.94. The molecule has 2 N–H and O–H groups in total. The third-order valence-corrected chi connectivity index (χ3v) is 7.06. The quantitative estimate of drug-likeness (QED) is 0.636. The second kappa shape index (κ2) is 10.7. The number of benzene rings is 1. The van der Waals surface area contributed by atoms with E-state index in [1.54, 1.807) is 13.0 Å². The van der Waals surface area contributed by atoms with Crippen molar-refractivity contribution in [2.24, 2.45) is 0 Å². The molecule has 1 unspecified atom stereocenters. The number of hydrogen-bond donors (Lipinski definition) is 2. The topological polar surface area (TPSA) is 73.9 Å². The van der Waals surface area contributed by atoms with Crippen molar-refractivity contribution in [3.8, 4) is 0 Å². The lowest BCUT2D eigenvalue weighted by molar-refractivity contribution is -0.139. The molecular formula is C24H33ClN4O3. The number of amides is 2. The molecule has 2 fully saturated rings. The Morgan fingerprint density at radius 2 is 1.84 bits per heavy atom. The van der Waals surface area contributed by atoms with Gasteiger partial charge in [0.05, 0.1) is 18.2 Å². The molecule has 1 atom stereocenters. The van der Waals surface area contributed by atoms with E-state index in [1.165, 1.54) is 32.4 Å². The van der Waals surface area contributed by atoms with Crippen molar-refractivity contribution in [3.05, 3.63) is 46.1 Å². The van der Waals surface area contributed by atoms with E-state index in [0.717, 1.165) is 25.9 Å². The van der Waals surface area contributed by atoms with Crippen LogP contribution in [-0.4, -0.2) is 67.2 Å². The number of rotatable bonds is 6. The van der Waals surface area contributed by atoms with E-state index in [0.29, 0.717) is 34.4 Å². The number of nitrogens with zero attached hydrogens (tertiary/aromatic N) is 2. The second-order valence-electron chi connectivity index (χ2n) is 8.77. The van der Waals surface area contributed by atoms with Crippen LogP contribution in [-0.2, 0) is 9.53 Å². The summed E-state index contributed by atoms with van der Waals surface area (Å²) in [7, 11) is 0. The van der Waals surface area contributed by atoms with Gasteiger partial charge in [0.25, 0.3) is 0 Å². The van der Waals surface area contributed by atoms with Crippen LogP contribution >= 0.6 is 11.6 Å². The molecule has 0 bridgehead atoms. The highest BCUT2D eigenvalue weighted by Crippen LogP contribution is 2.33. The Morgan fingerprint density at radius 1 is 1.12 bits per heavy atom. The fourth-order valence-electron chi connectivity index (χ4n) is 5.08. The largest absolute Gasteiger partial charge is 0.463 e. The summed E-state index contributed by atoms with van der Waals surface area (Å²) >= 11 is 6.42. The zero-order chi connectivity index (χ0) is 22.5. The molecule has 3 aliphatic heterocycles. The maximum Gasteiger partial charge on any atom is 0.338 e. The van der Waals surface area contributed by atoms with Crippen LogP contribution in [0.25, 0.3) is 0 Å². The molecule has 4 rings (SSSR count). The van der Waals surface area contributed by atoms with E-state index in [4.69, 9.17) is 16.3 Å². The minimum Gasteiger partial charge on any atom is -0.463 e. The normalized spacial score (nSPS) is 23.6. The first kappa shape index (κ1) is 23.1. The number of piperidine rings is 2. The number of nitrogens with one attached hydrogen (secondary N) is 2. The predicted octanol–water partition coefficient (Wildman–Crippen LogP) is 3.46. The van der Waals surface area contributed by atoms with E-state index in [2.05, 4.69) is 20.4 Å². The summed E-state index contributed by atoms with van der Waals surface area (Å²) in [6.45, 7) is 6.87. The number of halogens is 1. The van der Waals surface area contributed by atoms with Gasteiger partial charge in [-0.2, -0.15) is 0 Å². The van der Waals surface area contributed by atoms with Gasteiger partial charge in [-0.25, -0.2) is 9.59 Å². The smallest absolute Gasteiger partial charge is 0.338 e. The van der Waals surface area contributed by atoms with Crippen LogP contribution in [0.4, 0.5) is 4.79 Å². The lowest BCUT2D eigenvalue weighted by Crippen LogP contribution is -2.51. The van der Waals surface area contributed by atoms with E-state index >= 15 is 0 Å². The monoisotopic (exact) mass is 460 g/mol. The number of hydrogen-bond acceptors (Lipinski definition) is 5. The summed E-state index contributed by atoms with van der Waals surface area (Å²) in [4.78, 5) is 30.5. The molecule has 0 spiro atoms. The summed E-state index contributed by atoms with van der Waals surface area (Å²) in [5.74, 6) is -0.428. The van der Waals surface area contributed by atoms with Gasteiger partial charge < -0.3 is 20.3 Å². The lowest BCUT2D eigenvalue weighted by atomic mass is 9.94. The van der Waals surface area contributed by atoms with Crippen LogP contribution in [0.3, 0.4) is 0 Å². The molecule has 8 heteroatoms. The number of ether oxygens (including phenoxy) is 1. The van der Waals surface area contributed by atoms with Gasteiger partial charge in [0, 0.05) is 36.4 Å². The highest BCUT2D eigenvalue weighted by Gasteiger charge is 2.36. The molecule has 0 radical (unpaired) electrons. The summed E-state index contributed by atoms with van der Waals surface area (Å²) in [5.41, 5.74) is 1.72. The van der Waals surface area contributed by atoms with Gasteiger partial charge in [0.15, 0.2) is 0 Å². The molecule has 0 saturated carbocycles. The Bertz CT molecular complexity index is 861. The highest BCUT2D eigenvalue weighted by molar-refractivity contribution is 6.31. The maximum atomic E-state index is 13.0. The van der Waals surface area contributed by atoms with Gasteiger partial charge in [-0.05, 0) is 57.3 Å². The fourth-order valence-corrected chi connectivity index (χ4v) is 5.33. The third kappa shape index (κ3) is 5.27. The SMILES string of the molecule is CCOC(=O)C1=C(CN2CCC(N3CCCCC3)CC2)NC(=O)NC1c1ccccc1Cl. The van der Waals surface area contributed by atoms with Crippen LogP contribution < -0.4 is 10.6 Å².